The van der Waals surface area contributed by atoms with E-state index in [4.69, 9.17) is 16.3 Å². The van der Waals surface area contributed by atoms with Gasteiger partial charge in [-0.15, -0.1) is 0 Å². The Morgan fingerprint density at radius 1 is 1.27 bits per heavy atom. The van der Waals surface area contributed by atoms with Crippen molar-refractivity contribution in [1.82, 2.24) is 0 Å². The third-order valence-corrected chi connectivity index (χ3v) is 3.37. The van der Waals surface area contributed by atoms with Crippen LogP contribution in [0.1, 0.15) is 38.2 Å². The zero-order chi connectivity index (χ0) is 10.8. The second-order valence-corrected chi connectivity index (χ2v) is 4.75. The monoisotopic (exact) mass is 224 g/mol. The van der Waals surface area contributed by atoms with E-state index in [1.54, 1.807) is 0 Å². The molecule has 0 aliphatic carbocycles. The van der Waals surface area contributed by atoms with Crippen LogP contribution in [0.2, 0.25) is 5.02 Å². The summed E-state index contributed by atoms with van der Waals surface area (Å²) in [6, 6.07) is 8.13. The first kappa shape index (κ1) is 11.0. The standard InChI is InChI=1S/C13H17ClO/c1-3-12-13(15-12)8-9(2)10-4-6-11(14)7-5-10/h4-7,9,12-13H,3,8H2,1-2H3. The maximum Gasteiger partial charge on any atom is 0.0847 e. The molecule has 2 heteroatoms. The molecule has 0 bridgehead atoms. The van der Waals surface area contributed by atoms with Gasteiger partial charge in [-0.2, -0.15) is 0 Å². The van der Waals surface area contributed by atoms with Crippen molar-refractivity contribution < 1.29 is 4.74 Å². The topological polar surface area (TPSA) is 12.5 Å². The minimum absolute atomic E-state index is 0.487. The summed E-state index contributed by atoms with van der Waals surface area (Å²) in [6.45, 7) is 4.43. The van der Waals surface area contributed by atoms with Crippen LogP contribution < -0.4 is 0 Å². The average Bonchev–Trinajstić information content (AvgIpc) is 2.97. The van der Waals surface area contributed by atoms with Gasteiger partial charge in [-0.05, 0) is 36.5 Å². The second kappa shape index (κ2) is 4.54. The summed E-state index contributed by atoms with van der Waals surface area (Å²) in [7, 11) is 0. The molecule has 82 valence electrons. The lowest BCUT2D eigenvalue weighted by molar-refractivity contribution is 0.353. The van der Waals surface area contributed by atoms with E-state index >= 15 is 0 Å². The molecule has 15 heavy (non-hydrogen) atoms. The smallest absolute Gasteiger partial charge is 0.0847 e. The SMILES string of the molecule is CCC1OC1CC(C)c1ccc(Cl)cc1. The van der Waals surface area contributed by atoms with Crippen LogP contribution in [-0.2, 0) is 4.74 Å². The predicted octanol–water partition coefficient (Wildman–Crippen LogP) is 4.01. The van der Waals surface area contributed by atoms with Gasteiger partial charge in [-0.3, -0.25) is 0 Å². The van der Waals surface area contributed by atoms with Crippen molar-refractivity contribution in [2.75, 3.05) is 0 Å². The largest absolute Gasteiger partial charge is 0.370 e. The first-order chi connectivity index (χ1) is 7.20. The van der Waals surface area contributed by atoms with Crippen LogP contribution in [0.4, 0.5) is 0 Å². The number of hydrogen-bond acceptors (Lipinski definition) is 1. The molecule has 0 N–H and O–H groups in total. The van der Waals surface area contributed by atoms with Crippen LogP contribution in [0.3, 0.4) is 0 Å². The van der Waals surface area contributed by atoms with Crippen LogP contribution in [-0.4, -0.2) is 12.2 Å². The van der Waals surface area contributed by atoms with Crippen molar-refractivity contribution >= 4 is 11.6 Å². The van der Waals surface area contributed by atoms with Gasteiger partial charge in [0.15, 0.2) is 0 Å². The Kier molecular flexibility index (Phi) is 3.32. The summed E-state index contributed by atoms with van der Waals surface area (Å²) in [6.07, 6.45) is 3.26. The van der Waals surface area contributed by atoms with E-state index in [9.17, 15) is 0 Å². The summed E-state index contributed by atoms with van der Waals surface area (Å²) in [5, 5.41) is 0.806. The maximum atomic E-state index is 5.86. The Morgan fingerprint density at radius 3 is 2.47 bits per heavy atom. The van der Waals surface area contributed by atoms with Gasteiger partial charge >= 0.3 is 0 Å². The number of ether oxygens (including phenoxy) is 1. The van der Waals surface area contributed by atoms with Crippen molar-refractivity contribution in [2.45, 2.75) is 44.8 Å². The third-order valence-electron chi connectivity index (χ3n) is 3.11. The zero-order valence-electron chi connectivity index (χ0n) is 9.24. The molecule has 0 saturated carbocycles. The number of hydrogen-bond donors (Lipinski definition) is 0. The molecule has 2 rings (SSSR count). The van der Waals surface area contributed by atoms with E-state index in [0.29, 0.717) is 18.1 Å². The molecule has 0 aromatic heterocycles. The Morgan fingerprint density at radius 2 is 1.93 bits per heavy atom. The molecular weight excluding hydrogens is 208 g/mol. The van der Waals surface area contributed by atoms with Gasteiger partial charge in [0.25, 0.3) is 0 Å². The molecule has 0 amide bonds. The predicted molar refractivity (Wildman–Crippen MR) is 63.4 cm³/mol. The lowest BCUT2D eigenvalue weighted by atomic mass is 9.95. The minimum atomic E-state index is 0.487. The molecule has 3 unspecified atom stereocenters. The fraction of sp³-hybridized carbons (Fsp3) is 0.538. The molecule has 1 aliphatic rings. The van der Waals surface area contributed by atoms with Crippen molar-refractivity contribution in [1.29, 1.82) is 0 Å². The van der Waals surface area contributed by atoms with Crippen LogP contribution in [0.15, 0.2) is 24.3 Å². The summed E-state index contributed by atoms with van der Waals surface area (Å²) in [5.74, 6) is 0.559. The van der Waals surface area contributed by atoms with E-state index in [2.05, 4.69) is 26.0 Å². The van der Waals surface area contributed by atoms with Gasteiger partial charge in [-0.25, -0.2) is 0 Å². The van der Waals surface area contributed by atoms with E-state index in [-0.39, 0.29) is 0 Å². The highest BCUT2D eigenvalue weighted by molar-refractivity contribution is 6.30. The maximum absolute atomic E-state index is 5.86. The van der Waals surface area contributed by atoms with Crippen molar-refractivity contribution in [3.05, 3.63) is 34.9 Å². The summed E-state index contributed by atoms with van der Waals surface area (Å²) >= 11 is 5.86. The van der Waals surface area contributed by atoms with Crippen molar-refractivity contribution in [2.24, 2.45) is 0 Å². The number of halogens is 1. The molecule has 0 radical (unpaired) electrons. The van der Waals surface area contributed by atoms with Gasteiger partial charge in [0.2, 0.25) is 0 Å². The van der Waals surface area contributed by atoms with E-state index < -0.39 is 0 Å². The van der Waals surface area contributed by atoms with Crippen LogP contribution >= 0.6 is 11.6 Å². The van der Waals surface area contributed by atoms with E-state index in [1.165, 1.54) is 5.56 Å². The first-order valence-electron chi connectivity index (χ1n) is 5.61. The van der Waals surface area contributed by atoms with E-state index in [1.807, 2.05) is 12.1 Å². The van der Waals surface area contributed by atoms with Crippen LogP contribution in [0.25, 0.3) is 0 Å². The summed E-state index contributed by atoms with van der Waals surface area (Å²) < 4.78 is 5.56. The van der Waals surface area contributed by atoms with Crippen LogP contribution in [0.5, 0.6) is 0 Å². The molecule has 1 aromatic rings. The highest BCUT2D eigenvalue weighted by atomic mass is 35.5. The van der Waals surface area contributed by atoms with Gasteiger partial charge in [-0.1, -0.05) is 37.6 Å². The second-order valence-electron chi connectivity index (χ2n) is 4.31. The lowest BCUT2D eigenvalue weighted by Crippen LogP contribution is -2.00. The molecule has 1 aromatic carbocycles. The quantitative estimate of drug-likeness (QED) is 0.704. The van der Waals surface area contributed by atoms with Gasteiger partial charge in [0, 0.05) is 5.02 Å². The first-order valence-corrected chi connectivity index (χ1v) is 5.99. The number of epoxide rings is 1. The Balaban J connectivity index is 1.91. The number of benzene rings is 1. The molecule has 1 nitrogen and oxygen atoms in total. The fourth-order valence-corrected chi connectivity index (χ4v) is 2.15. The van der Waals surface area contributed by atoms with Gasteiger partial charge in [0.1, 0.15) is 0 Å². The van der Waals surface area contributed by atoms with Gasteiger partial charge in [0.05, 0.1) is 12.2 Å². The van der Waals surface area contributed by atoms with Gasteiger partial charge < -0.3 is 4.74 Å². The fourth-order valence-electron chi connectivity index (χ4n) is 2.02. The molecular formula is C13H17ClO. The molecule has 1 fully saturated rings. The Bertz CT molecular complexity index is 320. The van der Waals surface area contributed by atoms with Crippen LogP contribution in [0, 0.1) is 0 Å². The zero-order valence-corrected chi connectivity index (χ0v) is 10.00. The third kappa shape index (κ3) is 2.73. The molecule has 1 aliphatic heterocycles. The molecule has 1 heterocycles. The summed E-state index contributed by atoms with van der Waals surface area (Å²) in [5.41, 5.74) is 1.35. The average molecular weight is 225 g/mol. The Hall–Kier alpha value is -0.530. The normalized spacial score (nSPS) is 26.3. The highest BCUT2D eigenvalue weighted by Crippen LogP contribution is 2.34. The molecule has 1 saturated heterocycles. The Labute approximate surface area is 96.4 Å². The minimum Gasteiger partial charge on any atom is -0.370 e. The summed E-state index contributed by atoms with van der Waals surface area (Å²) in [4.78, 5) is 0. The lowest BCUT2D eigenvalue weighted by Gasteiger charge is -2.09. The van der Waals surface area contributed by atoms with Crippen molar-refractivity contribution in [3.8, 4) is 0 Å². The molecule has 3 atom stereocenters. The van der Waals surface area contributed by atoms with Crippen molar-refractivity contribution in [3.63, 3.8) is 0 Å². The highest BCUT2D eigenvalue weighted by Gasteiger charge is 2.37. The van der Waals surface area contributed by atoms with E-state index in [0.717, 1.165) is 17.9 Å². The molecule has 0 spiro atoms. The number of rotatable bonds is 4.